The number of amides is 1. The number of hydrogen-bond acceptors (Lipinski definition) is 4. The van der Waals surface area contributed by atoms with Crippen LogP contribution in [0.15, 0.2) is 24.3 Å². The van der Waals surface area contributed by atoms with Gasteiger partial charge in [0.15, 0.2) is 0 Å². The minimum Gasteiger partial charge on any atom is -0.497 e. The van der Waals surface area contributed by atoms with Crippen LogP contribution in [-0.2, 0) is 11.2 Å². The Kier molecular flexibility index (Phi) is 5.84. The van der Waals surface area contributed by atoms with Gasteiger partial charge in [-0.2, -0.15) is 11.8 Å². The van der Waals surface area contributed by atoms with Crippen molar-refractivity contribution in [2.24, 2.45) is 0 Å². The molecule has 0 aromatic heterocycles. The van der Waals surface area contributed by atoms with E-state index in [0.717, 1.165) is 25.3 Å². The monoisotopic (exact) mass is 334 g/mol. The van der Waals surface area contributed by atoms with Crippen molar-refractivity contribution in [3.05, 3.63) is 29.8 Å². The van der Waals surface area contributed by atoms with Gasteiger partial charge in [0.05, 0.1) is 7.11 Å². The topological polar surface area (TPSA) is 41.6 Å². The number of rotatable bonds is 6. The normalized spacial score (nSPS) is 22.6. The third-order valence-electron chi connectivity index (χ3n) is 4.74. The Balaban J connectivity index is 1.45. The molecule has 3 rings (SSSR count). The first-order valence-corrected chi connectivity index (χ1v) is 9.64. The first-order chi connectivity index (χ1) is 11.2. The van der Waals surface area contributed by atoms with Gasteiger partial charge in [-0.05, 0) is 48.5 Å². The van der Waals surface area contributed by atoms with Crippen LogP contribution in [0.5, 0.6) is 5.75 Å². The Morgan fingerprint density at radius 1 is 1.22 bits per heavy atom. The second-order valence-electron chi connectivity index (χ2n) is 6.39. The fourth-order valence-corrected chi connectivity index (χ4v) is 4.46. The third-order valence-corrected chi connectivity index (χ3v) is 5.79. The molecular formula is C18H26N2O2S. The average Bonchev–Trinajstić information content (AvgIpc) is 2.94. The Labute approximate surface area is 143 Å². The predicted molar refractivity (Wildman–Crippen MR) is 95.2 cm³/mol. The summed E-state index contributed by atoms with van der Waals surface area (Å²) in [6.07, 6.45) is 4.04. The maximum absolute atomic E-state index is 12.2. The number of nitrogens with one attached hydrogen (secondary N) is 1. The summed E-state index contributed by atoms with van der Waals surface area (Å²) in [5.41, 5.74) is 1.25. The van der Waals surface area contributed by atoms with Crippen molar-refractivity contribution in [2.75, 3.05) is 31.7 Å². The molecule has 1 unspecified atom stereocenters. The number of hydrogen-bond donors (Lipinski definition) is 1. The number of thioether (sulfide) groups is 1. The van der Waals surface area contributed by atoms with Crippen LogP contribution in [0.4, 0.5) is 0 Å². The zero-order valence-electron chi connectivity index (χ0n) is 13.8. The number of benzene rings is 1. The molecule has 2 aliphatic heterocycles. The molecule has 1 aromatic carbocycles. The lowest BCUT2D eigenvalue weighted by atomic mass is 10.1. The quantitative estimate of drug-likeness (QED) is 0.867. The molecule has 0 saturated carbocycles. The van der Waals surface area contributed by atoms with Crippen LogP contribution in [0.1, 0.15) is 24.8 Å². The summed E-state index contributed by atoms with van der Waals surface area (Å²) in [5, 5.41) is 3.70. The molecule has 0 aliphatic carbocycles. The van der Waals surface area contributed by atoms with Crippen LogP contribution in [-0.4, -0.2) is 54.6 Å². The molecule has 23 heavy (non-hydrogen) atoms. The number of ether oxygens (including phenoxy) is 1. The zero-order chi connectivity index (χ0) is 16.1. The van der Waals surface area contributed by atoms with Crippen molar-refractivity contribution in [3.63, 3.8) is 0 Å². The van der Waals surface area contributed by atoms with Crippen LogP contribution in [0.2, 0.25) is 0 Å². The van der Waals surface area contributed by atoms with E-state index in [9.17, 15) is 4.79 Å². The van der Waals surface area contributed by atoms with E-state index in [-0.39, 0.29) is 0 Å². The number of likely N-dealkylation sites (tertiary alicyclic amines) is 1. The summed E-state index contributed by atoms with van der Waals surface area (Å²) < 4.78 is 5.18. The summed E-state index contributed by atoms with van der Waals surface area (Å²) in [7, 11) is 1.68. The number of methoxy groups -OCH3 is 1. The second kappa shape index (κ2) is 8.06. The Morgan fingerprint density at radius 2 is 1.96 bits per heavy atom. The highest BCUT2D eigenvalue weighted by Gasteiger charge is 2.30. The molecule has 1 amide bonds. The van der Waals surface area contributed by atoms with Gasteiger partial charge < -0.3 is 15.0 Å². The fraction of sp³-hybridized carbons (Fsp3) is 0.611. The molecule has 0 bridgehead atoms. The SMILES string of the molecule is COc1ccc(CCN2CC(NC3CCSCC3)CC2=O)cc1. The van der Waals surface area contributed by atoms with Crippen LogP contribution < -0.4 is 10.1 Å². The van der Waals surface area contributed by atoms with Gasteiger partial charge in [-0.25, -0.2) is 0 Å². The highest BCUT2D eigenvalue weighted by molar-refractivity contribution is 7.99. The highest BCUT2D eigenvalue weighted by atomic mass is 32.2. The smallest absolute Gasteiger partial charge is 0.224 e. The molecule has 2 heterocycles. The zero-order valence-corrected chi connectivity index (χ0v) is 14.6. The van der Waals surface area contributed by atoms with E-state index >= 15 is 0 Å². The molecule has 2 fully saturated rings. The Hall–Kier alpha value is -1.20. The van der Waals surface area contributed by atoms with Crippen molar-refractivity contribution in [2.45, 2.75) is 37.8 Å². The summed E-state index contributed by atoms with van der Waals surface area (Å²) >= 11 is 2.04. The van der Waals surface area contributed by atoms with E-state index in [1.54, 1.807) is 7.11 Å². The van der Waals surface area contributed by atoms with E-state index < -0.39 is 0 Å². The Bertz CT molecular complexity index is 514. The molecule has 4 nitrogen and oxygen atoms in total. The molecule has 2 aliphatic rings. The minimum absolute atomic E-state index is 0.293. The van der Waals surface area contributed by atoms with Gasteiger partial charge in [-0.3, -0.25) is 4.79 Å². The molecule has 0 spiro atoms. The first kappa shape index (κ1) is 16.7. The van der Waals surface area contributed by atoms with Crippen LogP contribution >= 0.6 is 11.8 Å². The third kappa shape index (κ3) is 4.64. The molecule has 0 radical (unpaired) electrons. The lowest BCUT2D eigenvalue weighted by molar-refractivity contribution is -0.127. The maximum Gasteiger partial charge on any atom is 0.224 e. The molecule has 1 aromatic rings. The average molecular weight is 334 g/mol. The van der Waals surface area contributed by atoms with Crippen molar-refractivity contribution in [1.29, 1.82) is 0 Å². The molecule has 1 atom stereocenters. The van der Waals surface area contributed by atoms with Gasteiger partial charge in [-0.15, -0.1) is 0 Å². The Morgan fingerprint density at radius 3 is 2.65 bits per heavy atom. The maximum atomic E-state index is 12.2. The van der Waals surface area contributed by atoms with Crippen LogP contribution in [0, 0.1) is 0 Å². The largest absolute Gasteiger partial charge is 0.497 e. The molecule has 1 N–H and O–H groups in total. The van der Waals surface area contributed by atoms with E-state index in [1.165, 1.54) is 29.9 Å². The van der Waals surface area contributed by atoms with E-state index in [4.69, 9.17) is 4.74 Å². The van der Waals surface area contributed by atoms with Gasteiger partial charge in [-0.1, -0.05) is 12.1 Å². The fourth-order valence-electron chi connectivity index (χ4n) is 3.35. The second-order valence-corrected chi connectivity index (χ2v) is 7.62. The molecule has 2 saturated heterocycles. The molecular weight excluding hydrogens is 308 g/mol. The van der Waals surface area contributed by atoms with Crippen molar-refractivity contribution in [1.82, 2.24) is 10.2 Å². The summed E-state index contributed by atoms with van der Waals surface area (Å²) in [4.78, 5) is 14.2. The molecule has 5 heteroatoms. The van der Waals surface area contributed by atoms with Gasteiger partial charge >= 0.3 is 0 Å². The van der Waals surface area contributed by atoms with Gasteiger partial charge in [0.1, 0.15) is 5.75 Å². The van der Waals surface area contributed by atoms with E-state index in [1.807, 2.05) is 28.8 Å². The predicted octanol–water partition coefficient (Wildman–Crippen LogP) is 2.32. The summed E-state index contributed by atoms with van der Waals surface area (Å²) in [6.45, 7) is 1.67. The van der Waals surface area contributed by atoms with E-state index in [2.05, 4.69) is 17.4 Å². The van der Waals surface area contributed by atoms with Crippen molar-refractivity contribution < 1.29 is 9.53 Å². The number of nitrogens with zero attached hydrogens (tertiary/aromatic N) is 1. The van der Waals surface area contributed by atoms with E-state index in [0.29, 0.717) is 24.4 Å². The number of carbonyl (C=O) groups excluding carboxylic acids is 1. The van der Waals surface area contributed by atoms with Crippen LogP contribution in [0.3, 0.4) is 0 Å². The molecule has 126 valence electrons. The standard InChI is InChI=1S/C18H26N2O2S/c1-22-17-4-2-14(3-5-17)6-9-20-13-16(12-18(20)21)19-15-7-10-23-11-8-15/h2-5,15-16,19H,6-13H2,1H3. The summed E-state index contributed by atoms with van der Waals surface area (Å²) in [6, 6.07) is 9.06. The van der Waals surface area contributed by atoms with Crippen molar-refractivity contribution >= 4 is 17.7 Å². The first-order valence-electron chi connectivity index (χ1n) is 8.49. The van der Waals surface area contributed by atoms with Crippen LogP contribution in [0.25, 0.3) is 0 Å². The number of carbonyl (C=O) groups is 1. The lowest BCUT2D eigenvalue weighted by Crippen LogP contribution is -2.42. The summed E-state index contributed by atoms with van der Waals surface area (Å²) in [5.74, 6) is 3.67. The van der Waals surface area contributed by atoms with Crippen molar-refractivity contribution in [3.8, 4) is 5.75 Å². The lowest BCUT2D eigenvalue weighted by Gasteiger charge is -2.26. The van der Waals surface area contributed by atoms with Gasteiger partial charge in [0, 0.05) is 31.6 Å². The minimum atomic E-state index is 0.293. The highest BCUT2D eigenvalue weighted by Crippen LogP contribution is 2.20. The van der Waals surface area contributed by atoms with Gasteiger partial charge in [0.25, 0.3) is 0 Å². The van der Waals surface area contributed by atoms with Gasteiger partial charge in [0.2, 0.25) is 5.91 Å².